The van der Waals surface area contributed by atoms with E-state index in [1.54, 1.807) is 35.7 Å². The van der Waals surface area contributed by atoms with Gasteiger partial charge in [-0.2, -0.15) is 0 Å². The van der Waals surface area contributed by atoms with Crippen molar-refractivity contribution in [2.75, 3.05) is 19.0 Å². The van der Waals surface area contributed by atoms with Crippen LogP contribution in [0, 0.1) is 0 Å². The molecule has 0 atom stereocenters. The molecule has 2 rings (SSSR count). The molecule has 2 aromatic rings. The van der Waals surface area contributed by atoms with E-state index >= 15 is 0 Å². The number of thiophene rings is 1. The van der Waals surface area contributed by atoms with Crippen LogP contribution < -0.4 is 10.1 Å². The van der Waals surface area contributed by atoms with E-state index in [0.29, 0.717) is 11.4 Å². The van der Waals surface area contributed by atoms with Gasteiger partial charge in [0.15, 0.2) is 16.4 Å². The van der Waals surface area contributed by atoms with Crippen molar-refractivity contribution in [3.8, 4) is 11.5 Å². The second kappa shape index (κ2) is 6.87. The second-order valence-electron chi connectivity index (χ2n) is 4.00. The summed E-state index contributed by atoms with van der Waals surface area (Å²) in [6, 6.07) is 8.35. The van der Waals surface area contributed by atoms with Crippen molar-refractivity contribution in [1.82, 2.24) is 0 Å². The number of hydrogen-bond donors (Lipinski definition) is 2. The van der Waals surface area contributed by atoms with Gasteiger partial charge in [-0.15, -0.1) is 11.3 Å². The minimum Gasteiger partial charge on any atom is -0.477 e. The third kappa shape index (κ3) is 3.80. The lowest BCUT2D eigenvalue weighted by Gasteiger charge is -2.11. The fraction of sp³-hybridized carbons (Fsp3) is 0.143. The van der Waals surface area contributed by atoms with Gasteiger partial charge in [-0.1, -0.05) is 12.1 Å². The summed E-state index contributed by atoms with van der Waals surface area (Å²) < 4.78 is 10.3. The highest BCUT2D eigenvalue weighted by Crippen LogP contribution is 2.33. The SMILES string of the molecule is COCC(=O)Nc1ccccc1Oc1ccsc1C(=O)O. The zero-order valence-electron chi connectivity index (χ0n) is 11.2. The average molecular weight is 307 g/mol. The molecular weight excluding hydrogens is 294 g/mol. The number of hydrogen-bond acceptors (Lipinski definition) is 5. The molecule has 0 bridgehead atoms. The molecule has 0 aliphatic carbocycles. The largest absolute Gasteiger partial charge is 0.477 e. The Hall–Kier alpha value is -2.38. The Morgan fingerprint density at radius 1 is 1.24 bits per heavy atom. The van der Waals surface area contributed by atoms with Gasteiger partial charge >= 0.3 is 5.97 Å². The molecule has 0 aliphatic rings. The van der Waals surface area contributed by atoms with E-state index < -0.39 is 5.97 Å². The van der Waals surface area contributed by atoms with Gasteiger partial charge in [0.25, 0.3) is 0 Å². The zero-order valence-corrected chi connectivity index (χ0v) is 12.0. The number of carbonyl (C=O) groups excluding carboxylic acids is 1. The number of rotatable bonds is 6. The normalized spacial score (nSPS) is 10.1. The maximum Gasteiger partial charge on any atom is 0.349 e. The van der Waals surface area contributed by atoms with Gasteiger partial charge in [-0.3, -0.25) is 4.79 Å². The molecule has 0 radical (unpaired) electrons. The number of anilines is 1. The van der Waals surface area contributed by atoms with Gasteiger partial charge in [-0.25, -0.2) is 4.79 Å². The molecule has 7 heteroatoms. The van der Waals surface area contributed by atoms with Gasteiger partial charge in [-0.05, 0) is 23.6 Å². The van der Waals surface area contributed by atoms with E-state index in [9.17, 15) is 9.59 Å². The number of methoxy groups -OCH3 is 1. The Morgan fingerprint density at radius 2 is 2.00 bits per heavy atom. The first kappa shape index (κ1) is 15.0. The Kier molecular flexibility index (Phi) is 4.91. The number of amides is 1. The quantitative estimate of drug-likeness (QED) is 0.857. The third-order valence-corrected chi connectivity index (χ3v) is 3.36. The van der Waals surface area contributed by atoms with Crippen LogP contribution in [0.15, 0.2) is 35.7 Å². The van der Waals surface area contributed by atoms with E-state index in [2.05, 4.69) is 5.32 Å². The Labute approximate surface area is 124 Å². The first-order valence-corrected chi connectivity index (χ1v) is 6.86. The number of carboxylic acid groups (broad SMARTS) is 1. The molecule has 21 heavy (non-hydrogen) atoms. The van der Waals surface area contributed by atoms with Crippen molar-refractivity contribution < 1.29 is 24.2 Å². The van der Waals surface area contributed by atoms with Crippen LogP contribution in [-0.2, 0) is 9.53 Å². The topological polar surface area (TPSA) is 84.9 Å². The van der Waals surface area contributed by atoms with Crippen molar-refractivity contribution in [3.05, 3.63) is 40.6 Å². The number of ether oxygens (including phenoxy) is 2. The van der Waals surface area contributed by atoms with Crippen LogP contribution in [0.5, 0.6) is 11.5 Å². The molecule has 1 aromatic heterocycles. The van der Waals surface area contributed by atoms with Gasteiger partial charge in [0, 0.05) is 7.11 Å². The van der Waals surface area contributed by atoms with Crippen molar-refractivity contribution in [3.63, 3.8) is 0 Å². The number of benzene rings is 1. The predicted octanol–water partition coefficient (Wildman–Crippen LogP) is 2.82. The van der Waals surface area contributed by atoms with Gasteiger partial charge < -0.3 is 19.9 Å². The lowest BCUT2D eigenvalue weighted by molar-refractivity contribution is -0.119. The first-order chi connectivity index (χ1) is 10.1. The van der Waals surface area contributed by atoms with Crippen molar-refractivity contribution in [2.45, 2.75) is 0 Å². The first-order valence-electron chi connectivity index (χ1n) is 5.98. The summed E-state index contributed by atoms with van der Waals surface area (Å²) >= 11 is 1.07. The molecule has 0 aliphatic heterocycles. The molecule has 0 saturated carbocycles. The fourth-order valence-electron chi connectivity index (χ4n) is 1.63. The van der Waals surface area contributed by atoms with Crippen LogP contribution in [0.3, 0.4) is 0 Å². The van der Waals surface area contributed by atoms with E-state index in [1.807, 2.05) is 0 Å². The van der Waals surface area contributed by atoms with E-state index in [0.717, 1.165) is 11.3 Å². The molecule has 0 spiro atoms. The summed E-state index contributed by atoms with van der Waals surface area (Å²) in [6.45, 7) is -0.0762. The third-order valence-electron chi connectivity index (χ3n) is 2.48. The fourth-order valence-corrected chi connectivity index (χ4v) is 2.28. The Morgan fingerprint density at radius 3 is 2.71 bits per heavy atom. The highest BCUT2D eigenvalue weighted by Gasteiger charge is 2.15. The van der Waals surface area contributed by atoms with Gasteiger partial charge in [0.1, 0.15) is 6.61 Å². The maximum atomic E-state index is 11.6. The molecule has 0 saturated heterocycles. The minimum atomic E-state index is -1.05. The Bertz CT molecular complexity index is 652. The number of para-hydroxylation sites is 2. The highest BCUT2D eigenvalue weighted by molar-refractivity contribution is 7.12. The van der Waals surface area contributed by atoms with Crippen LogP contribution in [0.1, 0.15) is 9.67 Å². The molecule has 0 fully saturated rings. The number of carbonyl (C=O) groups is 2. The van der Waals surface area contributed by atoms with E-state index in [-0.39, 0.29) is 23.1 Å². The van der Waals surface area contributed by atoms with Crippen molar-refractivity contribution in [1.29, 1.82) is 0 Å². The molecular formula is C14H13NO5S. The molecule has 2 N–H and O–H groups in total. The number of carboxylic acids is 1. The summed E-state index contributed by atoms with van der Waals surface area (Å²) in [5, 5.41) is 13.3. The average Bonchev–Trinajstić information content (AvgIpc) is 2.89. The second-order valence-corrected chi connectivity index (χ2v) is 4.91. The van der Waals surface area contributed by atoms with Crippen LogP contribution in [0.25, 0.3) is 0 Å². The van der Waals surface area contributed by atoms with Crippen LogP contribution in [-0.4, -0.2) is 30.7 Å². The van der Waals surface area contributed by atoms with Gasteiger partial charge in [0.2, 0.25) is 5.91 Å². The monoisotopic (exact) mass is 307 g/mol. The maximum absolute atomic E-state index is 11.6. The lowest BCUT2D eigenvalue weighted by Crippen LogP contribution is -2.17. The number of nitrogens with one attached hydrogen (secondary N) is 1. The van der Waals surface area contributed by atoms with Crippen molar-refractivity contribution in [2.24, 2.45) is 0 Å². The molecule has 1 aromatic carbocycles. The molecule has 1 heterocycles. The van der Waals surface area contributed by atoms with E-state index in [4.69, 9.17) is 14.6 Å². The van der Waals surface area contributed by atoms with Crippen molar-refractivity contribution >= 4 is 28.9 Å². The number of aromatic carboxylic acids is 1. The summed E-state index contributed by atoms with van der Waals surface area (Å²) in [6.07, 6.45) is 0. The van der Waals surface area contributed by atoms with Crippen LogP contribution in [0.2, 0.25) is 0 Å². The molecule has 6 nitrogen and oxygen atoms in total. The summed E-state index contributed by atoms with van der Waals surface area (Å²) in [5.41, 5.74) is 0.446. The summed E-state index contributed by atoms with van der Waals surface area (Å²) in [5.74, 6) is -0.776. The zero-order chi connectivity index (χ0) is 15.2. The molecule has 110 valence electrons. The highest BCUT2D eigenvalue weighted by atomic mass is 32.1. The van der Waals surface area contributed by atoms with Gasteiger partial charge in [0.05, 0.1) is 5.69 Å². The van der Waals surface area contributed by atoms with Crippen LogP contribution in [0.4, 0.5) is 5.69 Å². The predicted molar refractivity (Wildman–Crippen MR) is 78.3 cm³/mol. The molecule has 1 amide bonds. The smallest absolute Gasteiger partial charge is 0.349 e. The summed E-state index contributed by atoms with van der Waals surface area (Å²) in [4.78, 5) is 22.7. The van der Waals surface area contributed by atoms with Crippen LogP contribution >= 0.6 is 11.3 Å². The summed E-state index contributed by atoms with van der Waals surface area (Å²) in [7, 11) is 1.42. The lowest BCUT2D eigenvalue weighted by atomic mass is 10.3. The standard InChI is InChI=1S/C14H13NO5S/c1-19-8-12(16)15-9-4-2-3-5-10(9)20-11-6-7-21-13(11)14(17)18/h2-7H,8H2,1H3,(H,15,16)(H,17,18). The Balaban J connectivity index is 2.22. The minimum absolute atomic E-state index is 0.0762. The van der Waals surface area contributed by atoms with E-state index in [1.165, 1.54) is 7.11 Å². The molecule has 0 unspecified atom stereocenters.